The third-order valence-corrected chi connectivity index (χ3v) is 5.17. The Balaban J connectivity index is 1.77. The number of aromatic nitrogens is 1. The van der Waals surface area contributed by atoms with Gasteiger partial charge in [-0.3, -0.25) is 14.7 Å². The van der Waals surface area contributed by atoms with Gasteiger partial charge >= 0.3 is 0 Å². The Labute approximate surface area is 163 Å². The molecule has 0 bridgehead atoms. The van der Waals surface area contributed by atoms with E-state index in [9.17, 15) is 4.79 Å². The summed E-state index contributed by atoms with van der Waals surface area (Å²) >= 11 is 0. The van der Waals surface area contributed by atoms with E-state index in [-0.39, 0.29) is 6.04 Å². The lowest BCUT2D eigenvalue weighted by molar-refractivity contribution is -0.131. The van der Waals surface area contributed by atoms with Gasteiger partial charge in [0.05, 0.1) is 6.04 Å². The first kappa shape index (κ1) is 16.5. The molecule has 2 heterocycles. The number of fused-ring (bicyclic) bond motifs is 3. The number of carbonyl (C=O) groups excluding carboxylic acids is 1. The standard InChI is InChI=1S/C24H18N2O2/c27-16-26-22(18-8-3-1-4-9-18)20-14-13-17-12-7-15-25-21(17)23(20)28-24(26)19-10-5-2-6-11-19/h1-16,22,24H. The van der Waals surface area contributed by atoms with Crippen molar-refractivity contribution >= 4 is 17.3 Å². The maximum absolute atomic E-state index is 12.2. The van der Waals surface area contributed by atoms with Crippen LogP contribution in [0.25, 0.3) is 10.9 Å². The molecule has 136 valence electrons. The van der Waals surface area contributed by atoms with Crippen molar-refractivity contribution in [2.24, 2.45) is 0 Å². The highest BCUT2D eigenvalue weighted by molar-refractivity contribution is 5.86. The second-order valence-corrected chi connectivity index (χ2v) is 6.81. The number of carbonyl (C=O) groups is 1. The van der Waals surface area contributed by atoms with Crippen LogP contribution in [-0.4, -0.2) is 16.3 Å². The molecule has 0 saturated carbocycles. The Bertz CT molecular complexity index is 1130. The lowest BCUT2D eigenvalue weighted by Gasteiger charge is -2.41. The van der Waals surface area contributed by atoms with E-state index < -0.39 is 6.23 Å². The summed E-state index contributed by atoms with van der Waals surface area (Å²) in [6, 6.07) is 27.6. The van der Waals surface area contributed by atoms with Gasteiger partial charge in [0.1, 0.15) is 5.52 Å². The molecule has 0 radical (unpaired) electrons. The van der Waals surface area contributed by atoms with Crippen molar-refractivity contribution in [2.75, 3.05) is 0 Å². The van der Waals surface area contributed by atoms with Gasteiger partial charge in [-0.15, -0.1) is 0 Å². The first-order chi connectivity index (χ1) is 13.9. The van der Waals surface area contributed by atoms with Crippen LogP contribution in [-0.2, 0) is 4.79 Å². The van der Waals surface area contributed by atoms with Crippen LogP contribution in [0.3, 0.4) is 0 Å². The van der Waals surface area contributed by atoms with Crippen molar-refractivity contribution in [1.29, 1.82) is 0 Å². The largest absolute Gasteiger partial charge is 0.463 e. The van der Waals surface area contributed by atoms with E-state index in [0.29, 0.717) is 0 Å². The van der Waals surface area contributed by atoms with E-state index >= 15 is 0 Å². The SMILES string of the molecule is O=CN1C(c2ccccc2)Oc2c(ccc3cccnc23)C1c1ccccc1. The number of rotatable bonds is 3. The molecule has 0 fully saturated rings. The minimum atomic E-state index is -0.524. The van der Waals surface area contributed by atoms with Crippen LogP contribution in [0.1, 0.15) is 29.0 Å². The van der Waals surface area contributed by atoms with Gasteiger partial charge in [0.15, 0.2) is 5.75 Å². The summed E-state index contributed by atoms with van der Waals surface area (Å²) in [4.78, 5) is 18.5. The second kappa shape index (κ2) is 6.82. The molecular formula is C24H18N2O2. The summed E-state index contributed by atoms with van der Waals surface area (Å²) in [6.07, 6.45) is 2.12. The Kier molecular flexibility index (Phi) is 4.02. The molecule has 4 heteroatoms. The fourth-order valence-corrected chi connectivity index (χ4v) is 3.90. The zero-order valence-electron chi connectivity index (χ0n) is 15.1. The molecule has 1 amide bonds. The van der Waals surface area contributed by atoms with E-state index in [0.717, 1.165) is 39.8 Å². The molecule has 0 spiro atoms. The van der Waals surface area contributed by atoms with Crippen LogP contribution in [0.15, 0.2) is 91.1 Å². The van der Waals surface area contributed by atoms with E-state index in [1.807, 2.05) is 84.9 Å². The Hall–Kier alpha value is -3.66. The zero-order valence-corrected chi connectivity index (χ0v) is 15.1. The van der Waals surface area contributed by atoms with Gasteiger partial charge in [0.25, 0.3) is 0 Å². The van der Waals surface area contributed by atoms with Crippen LogP contribution in [0.2, 0.25) is 0 Å². The van der Waals surface area contributed by atoms with Crippen LogP contribution >= 0.6 is 0 Å². The summed E-state index contributed by atoms with van der Waals surface area (Å²) in [7, 11) is 0. The fraction of sp³-hybridized carbons (Fsp3) is 0.0833. The van der Waals surface area contributed by atoms with Gasteiger partial charge in [-0.25, -0.2) is 0 Å². The van der Waals surface area contributed by atoms with Crippen molar-refractivity contribution in [3.8, 4) is 5.75 Å². The normalized spacial score (nSPS) is 18.4. The summed E-state index contributed by atoms with van der Waals surface area (Å²) in [5.74, 6) is 0.735. The Morgan fingerprint density at radius 1 is 0.821 bits per heavy atom. The molecule has 4 aromatic rings. The summed E-state index contributed by atoms with van der Waals surface area (Å²) in [5, 5.41) is 1.01. The van der Waals surface area contributed by atoms with Crippen molar-refractivity contribution in [3.05, 3.63) is 108 Å². The van der Waals surface area contributed by atoms with Gasteiger partial charge in [-0.1, -0.05) is 78.9 Å². The lowest BCUT2D eigenvalue weighted by atomic mass is 9.92. The molecule has 5 rings (SSSR count). The van der Waals surface area contributed by atoms with E-state index in [1.165, 1.54) is 0 Å². The van der Waals surface area contributed by atoms with Crippen LogP contribution in [0.4, 0.5) is 0 Å². The van der Waals surface area contributed by atoms with Gasteiger partial charge < -0.3 is 4.74 Å². The monoisotopic (exact) mass is 366 g/mol. The number of nitrogens with zero attached hydrogens (tertiary/aromatic N) is 2. The minimum Gasteiger partial charge on any atom is -0.463 e. The molecule has 0 N–H and O–H groups in total. The lowest BCUT2D eigenvalue weighted by Crippen LogP contribution is -2.39. The van der Waals surface area contributed by atoms with Gasteiger partial charge in [0.2, 0.25) is 12.6 Å². The number of ether oxygens (including phenoxy) is 1. The minimum absolute atomic E-state index is 0.251. The van der Waals surface area contributed by atoms with Crippen molar-refractivity contribution in [3.63, 3.8) is 0 Å². The molecule has 4 nitrogen and oxygen atoms in total. The molecule has 28 heavy (non-hydrogen) atoms. The highest BCUT2D eigenvalue weighted by Gasteiger charge is 2.37. The third kappa shape index (κ3) is 2.62. The van der Waals surface area contributed by atoms with Crippen LogP contribution < -0.4 is 4.74 Å². The van der Waals surface area contributed by atoms with Gasteiger partial charge in [0, 0.05) is 22.7 Å². The summed E-state index contributed by atoms with van der Waals surface area (Å²) < 4.78 is 6.42. The molecule has 2 unspecified atom stereocenters. The second-order valence-electron chi connectivity index (χ2n) is 6.81. The van der Waals surface area contributed by atoms with Gasteiger partial charge in [-0.05, 0) is 11.6 Å². The van der Waals surface area contributed by atoms with Crippen molar-refractivity contribution in [2.45, 2.75) is 12.3 Å². The molecule has 1 aliphatic rings. The highest BCUT2D eigenvalue weighted by atomic mass is 16.5. The summed E-state index contributed by atoms with van der Waals surface area (Å²) in [6.45, 7) is 0. The van der Waals surface area contributed by atoms with Crippen LogP contribution in [0.5, 0.6) is 5.75 Å². The summed E-state index contributed by atoms with van der Waals surface area (Å²) in [5.41, 5.74) is 3.72. The average Bonchev–Trinajstić information content (AvgIpc) is 2.78. The third-order valence-electron chi connectivity index (χ3n) is 5.17. The Morgan fingerprint density at radius 2 is 1.54 bits per heavy atom. The molecule has 1 aromatic heterocycles. The first-order valence-corrected chi connectivity index (χ1v) is 9.24. The molecule has 1 aliphatic heterocycles. The predicted octanol–water partition coefficient (Wildman–Crippen LogP) is 4.87. The highest BCUT2D eigenvalue weighted by Crippen LogP contribution is 2.46. The van der Waals surface area contributed by atoms with E-state index in [4.69, 9.17) is 4.74 Å². The smallest absolute Gasteiger partial charge is 0.213 e. The molecule has 3 aromatic carbocycles. The number of amides is 1. The molecular weight excluding hydrogens is 348 g/mol. The van der Waals surface area contributed by atoms with Gasteiger partial charge in [-0.2, -0.15) is 0 Å². The topological polar surface area (TPSA) is 42.4 Å². The van der Waals surface area contributed by atoms with Crippen molar-refractivity contribution < 1.29 is 9.53 Å². The van der Waals surface area contributed by atoms with E-state index in [2.05, 4.69) is 4.98 Å². The quantitative estimate of drug-likeness (QED) is 0.486. The predicted molar refractivity (Wildman–Crippen MR) is 108 cm³/mol. The Morgan fingerprint density at radius 3 is 2.25 bits per heavy atom. The van der Waals surface area contributed by atoms with E-state index in [1.54, 1.807) is 11.1 Å². The number of hydrogen-bond donors (Lipinski definition) is 0. The molecule has 0 aliphatic carbocycles. The number of benzene rings is 3. The fourth-order valence-electron chi connectivity index (χ4n) is 3.90. The number of pyridine rings is 1. The average molecular weight is 366 g/mol. The van der Waals surface area contributed by atoms with Crippen LogP contribution in [0, 0.1) is 0 Å². The number of hydrogen-bond acceptors (Lipinski definition) is 3. The maximum atomic E-state index is 12.2. The maximum Gasteiger partial charge on any atom is 0.213 e. The first-order valence-electron chi connectivity index (χ1n) is 9.24. The molecule has 2 atom stereocenters. The zero-order chi connectivity index (χ0) is 18.9. The molecule has 0 saturated heterocycles. The van der Waals surface area contributed by atoms with Crippen molar-refractivity contribution in [1.82, 2.24) is 9.88 Å².